The van der Waals surface area contributed by atoms with Crippen molar-refractivity contribution in [3.8, 4) is 0 Å². The van der Waals surface area contributed by atoms with E-state index >= 15 is 0 Å². The number of hydrogen-bond acceptors (Lipinski definition) is 2. The first-order valence-electron chi connectivity index (χ1n) is 5.00. The maximum atomic E-state index is 11.4. The maximum absolute atomic E-state index is 11.4. The normalized spacial score (nSPS) is 27.4. The van der Waals surface area contributed by atoms with Crippen LogP contribution in [0.15, 0.2) is 12.2 Å². The number of aliphatic carboxylic acids is 1. The molecule has 3 heteroatoms. The monoisotopic (exact) mass is 196 g/mol. The van der Waals surface area contributed by atoms with Crippen LogP contribution in [0.2, 0.25) is 0 Å². The van der Waals surface area contributed by atoms with Crippen LogP contribution < -0.4 is 0 Å². The summed E-state index contributed by atoms with van der Waals surface area (Å²) < 4.78 is 0. The van der Waals surface area contributed by atoms with Crippen LogP contribution in [-0.4, -0.2) is 16.9 Å². The molecule has 0 amide bonds. The van der Waals surface area contributed by atoms with Gasteiger partial charge in [0, 0.05) is 18.8 Å². The highest BCUT2D eigenvalue weighted by atomic mass is 16.4. The van der Waals surface area contributed by atoms with Crippen LogP contribution in [0.4, 0.5) is 0 Å². The van der Waals surface area contributed by atoms with Gasteiger partial charge in [0.15, 0.2) is 0 Å². The molecule has 1 N–H and O–H groups in total. The van der Waals surface area contributed by atoms with Gasteiger partial charge in [-0.2, -0.15) is 0 Å². The molecular weight excluding hydrogens is 180 g/mol. The van der Waals surface area contributed by atoms with Gasteiger partial charge in [-0.25, -0.2) is 0 Å². The van der Waals surface area contributed by atoms with E-state index in [0.717, 1.165) is 6.42 Å². The van der Waals surface area contributed by atoms with Crippen molar-refractivity contribution in [2.75, 3.05) is 0 Å². The minimum absolute atomic E-state index is 0.0520. The highest BCUT2D eigenvalue weighted by Gasteiger charge is 2.34. The molecule has 1 rings (SSSR count). The van der Waals surface area contributed by atoms with Gasteiger partial charge in [-0.15, -0.1) is 0 Å². The Morgan fingerprint density at radius 3 is 2.93 bits per heavy atom. The number of ketones is 1. The average molecular weight is 196 g/mol. The van der Waals surface area contributed by atoms with Crippen molar-refractivity contribution in [2.24, 2.45) is 11.8 Å². The van der Waals surface area contributed by atoms with Crippen molar-refractivity contribution in [2.45, 2.75) is 32.6 Å². The van der Waals surface area contributed by atoms with Gasteiger partial charge in [0.05, 0.1) is 0 Å². The van der Waals surface area contributed by atoms with Gasteiger partial charge < -0.3 is 5.11 Å². The second-order valence-electron chi connectivity index (χ2n) is 3.77. The first kappa shape index (κ1) is 11.0. The van der Waals surface area contributed by atoms with Crippen LogP contribution in [-0.2, 0) is 9.59 Å². The lowest BCUT2D eigenvalue weighted by Crippen LogP contribution is -2.17. The van der Waals surface area contributed by atoms with E-state index in [9.17, 15) is 9.59 Å². The number of carbonyl (C=O) groups is 2. The second kappa shape index (κ2) is 4.94. The number of hydrogen-bond donors (Lipinski definition) is 1. The molecule has 3 nitrogen and oxygen atoms in total. The summed E-state index contributed by atoms with van der Waals surface area (Å²) in [5.74, 6) is -0.567. The number of carboxylic acid groups (broad SMARTS) is 1. The van der Waals surface area contributed by atoms with Crippen molar-refractivity contribution in [3.05, 3.63) is 12.2 Å². The molecule has 0 aromatic carbocycles. The molecular formula is C11H16O3. The van der Waals surface area contributed by atoms with Crippen LogP contribution in [0, 0.1) is 11.8 Å². The van der Waals surface area contributed by atoms with Crippen molar-refractivity contribution >= 4 is 11.8 Å². The van der Waals surface area contributed by atoms with Crippen LogP contribution in [0.5, 0.6) is 0 Å². The molecule has 1 aliphatic rings. The molecule has 0 aromatic rings. The van der Waals surface area contributed by atoms with Gasteiger partial charge in [0.25, 0.3) is 0 Å². The molecule has 1 aliphatic carbocycles. The molecule has 1 saturated carbocycles. The standard InChI is InChI=1S/C11H16O3/c1-2-3-4-9-8(7-11(13)14)5-6-10(9)12/h2-3,8-9H,4-7H2,1H3,(H,13,14). The Kier molecular flexibility index (Phi) is 3.86. The molecule has 0 saturated heterocycles. The molecule has 0 aromatic heterocycles. The minimum atomic E-state index is -0.796. The van der Waals surface area contributed by atoms with Gasteiger partial charge in [0.1, 0.15) is 5.78 Å². The summed E-state index contributed by atoms with van der Waals surface area (Å²) >= 11 is 0. The number of Topliss-reactive ketones (excluding diaryl/α,β-unsaturated/α-hetero) is 1. The first-order valence-corrected chi connectivity index (χ1v) is 5.00. The maximum Gasteiger partial charge on any atom is 0.303 e. The molecule has 78 valence electrons. The van der Waals surface area contributed by atoms with Gasteiger partial charge in [-0.3, -0.25) is 9.59 Å². The highest BCUT2D eigenvalue weighted by Crippen LogP contribution is 2.33. The lowest BCUT2D eigenvalue weighted by atomic mass is 9.89. The average Bonchev–Trinajstić information content (AvgIpc) is 2.44. The van der Waals surface area contributed by atoms with Crippen molar-refractivity contribution in [1.82, 2.24) is 0 Å². The molecule has 1 fully saturated rings. The Balaban J connectivity index is 2.56. The van der Waals surface area contributed by atoms with Crippen LogP contribution in [0.3, 0.4) is 0 Å². The lowest BCUT2D eigenvalue weighted by molar-refractivity contribution is -0.138. The van der Waals surface area contributed by atoms with E-state index in [1.54, 1.807) is 0 Å². The smallest absolute Gasteiger partial charge is 0.303 e. The summed E-state index contributed by atoms with van der Waals surface area (Å²) in [7, 11) is 0. The third-order valence-electron chi connectivity index (χ3n) is 2.81. The quantitative estimate of drug-likeness (QED) is 0.700. The third-order valence-corrected chi connectivity index (χ3v) is 2.81. The molecule has 14 heavy (non-hydrogen) atoms. The summed E-state index contributed by atoms with van der Waals surface area (Å²) in [5, 5.41) is 8.67. The molecule has 0 aliphatic heterocycles. The highest BCUT2D eigenvalue weighted by molar-refractivity contribution is 5.84. The zero-order valence-electron chi connectivity index (χ0n) is 8.40. The predicted molar refractivity (Wildman–Crippen MR) is 52.9 cm³/mol. The van der Waals surface area contributed by atoms with Crippen LogP contribution >= 0.6 is 0 Å². The molecule has 2 atom stereocenters. The minimum Gasteiger partial charge on any atom is -0.481 e. The Hall–Kier alpha value is -1.12. The summed E-state index contributed by atoms with van der Waals surface area (Å²) in [6.45, 7) is 1.91. The van der Waals surface area contributed by atoms with Gasteiger partial charge in [0.2, 0.25) is 0 Å². The second-order valence-corrected chi connectivity index (χ2v) is 3.77. The fourth-order valence-corrected chi connectivity index (χ4v) is 2.05. The fourth-order valence-electron chi connectivity index (χ4n) is 2.05. The summed E-state index contributed by atoms with van der Waals surface area (Å²) in [6.07, 6.45) is 5.99. The lowest BCUT2D eigenvalue weighted by Gasteiger charge is -2.13. The van der Waals surface area contributed by atoms with E-state index in [4.69, 9.17) is 5.11 Å². The Bertz CT molecular complexity index is 255. The fraction of sp³-hybridized carbons (Fsp3) is 0.636. The molecule has 0 bridgehead atoms. The topological polar surface area (TPSA) is 54.4 Å². The van der Waals surface area contributed by atoms with Crippen molar-refractivity contribution in [1.29, 1.82) is 0 Å². The predicted octanol–water partition coefficient (Wildman–Crippen LogP) is 2.02. The Morgan fingerprint density at radius 2 is 2.36 bits per heavy atom. The molecule has 0 radical (unpaired) electrons. The van der Waals surface area contributed by atoms with Gasteiger partial charge >= 0.3 is 5.97 Å². The van der Waals surface area contributed by atoms with E-state index in [0.29, 0.717) is 12.8 Å². The van der Waals surface area contributed by atoms with E-state index in [1.165, 1.54) is 0 Å². The molecule has 2 unspecified atom stereocenters. The van der Waals surface area contributed by atoms with E-state index in [-0.39, 0.29) is 24.0 Å². The summed E-state index contributed by atoms with van der Waals surface area (Å²) in [6, 6.07) is 0. The van der Waals surface area contributed by atoms with E-state index in [1.807, 2.05) is 19.1 Å². The van der Waals surface area contributed by atoms with Crippen molar-refractivity contribution in [3.63, 3.8) is 0 Å². The summed E-state index contributed by atoms with van der Waals surface area (Å²) in [5.41, 5.74) is 0. The number of carbonyl (C=O) groups excluding carboxylic acids is 1. The molecule has 0 spiro atoms. The largest absolute Gasteiger partial charge is 0.481 e. The summed E-state index contributed by atoms with van der Waals surface area (Å²) in [4.78, 5) is 22.0. The number of rotatable bonds is 4. The first-order chi connectivity index (χ1) is 6.65. The number of allylic oxidation sites excluding steroid dienone is 2. The van der Waals surface area contributed by atoms with Crippen LogP contribution in [0.25, 0.3) is 0 Å². The van der Waals surface area contributed by atoms with E-state index in [2.05, 4.69) is 0 Å². The Morgan fingerprint density at radius 1 is 1.64 bits per heavy atom. The van der Waals surface area contributed by atoms with Crippen LogP contribution in [0.1, 0.15) is 32.6 Å². The zero-order valence-corrected chi connectivity index (χ0v) is 8.40. The van der Waals surface area contributed by atoms with Crippen molar-refractivity contribution < 1.29 is 14.7 Å². The molecule has 0 heterocycles. The SMILES string of the molecule is CC=CCC1C(=O)CCC1CC(=O)O. The number of carboxylic acids is 1. The Labute approximate surface area is 83.8 Å². The van der Waals surface area contributed by atoms with Gasteiger partial charge in [-0.1, -0.05) is 12.2 Å². The zero-order chi connectivity index (χ0) is 10.6. The van der Waals surface area contributed by atoms with Gasteiger partial charge in [-0.05, 0) is 25.7 Å². The van der Waals surface area contributed by atoms with E-state index < -0.39 is 5.97 Å². The third kappa shape index (κ3) is 2.69.